The van der Waals surface area contributed by atoms with Crippen LogP contribution in [0.25, 0.3) is 0 Å². The monoisotopic (exact) mass is 277 g/mol. The molecule has 0 aliphatic carbocycles. The molecule has 1 aromatic carbocycles. The van der Waals surface area contributed by atoms with Gasteiger partial charge in [0.25, 0.3) is 0 Å². The van der Waals surface area contributed by atoms with Gasteiger partial charge in [0.15, 0.2) is 0 Å². The van der Waals surface area contributed by atoms with Crippen LogP contribution in [-0.2, 0) is 10.0 Å². The molecule has 3 fully saturated rings. The maximum atomic E-state index is 12.7. The zero-order chi connectivity index (χ0) is 13.5. The number of nitrogens with zero attached hydrogens (tertiary/aromatic N) is 2. The summed E-state index contributed by atoms with van der Waals surface area (Å²) in [6.45, 7) is 1.21. The molecule has 100 valence electrons. The number of piperidine rings is 2. The molecule has 1 N–H and O–H groups in total. The summed E-state index contributed by atoms with van der Waals surface area (Å²) in [5.74, 6) is 0. The van der Waals surface area contributed by atoms with Gasteiger partial charge < -0.3 is 5.32 Å². The molecule has 5 nitrogen and oxygen atoms in total. The quantitative estimate of drug-likeness (QED) is 0.863. The summed E-state index contributed by atoms with van der Waals surface area (Å²) in [6.07, 6.45) is 1.92. The molecule has 0 spiro atoms. The highest BCUT2D eigenvalue weighted by Gasteiger charge is 2.41. The van der Waals surface area contributed by atoms with Crippen molar-refractivity contribution in [1.29, 1.82) is 5.26 Å². The number of fused-ring (bicyclic) bond motifs is 3. The van der Waals surface area contributed by atoms with Gasteiger partial charge in [-0.1, -0.05) is 12.1 Å². The number of rotatable bonds is 2. The molecule has 0 radical (unpaired) electrons. The van der Waals surface area contributed by atoms with Gasteiger partial charge in [0.2, 0.25) is 10.0 Å². The maximum Gasteiger partial charge on any atom is 0.244 e. The molecular formula is C13H15N3O2S. The zero-order valence-electron chi connectivity index (χ0n) is 10.4. The van der Waals surface area contributed by atoms with E-state index in [0.29, 0.717) is 13.1 Å². The molecule has 6 heteroatoms. The number of benzene rings is 1. The Hall–Kier alpha value is -1.42. The number of sulfonamides is 1. The van der Waals surface area contributed by atoms with Crippen molar-refractivity contribution in [2.45, 2.75) is 29.8 Å². The predicted molar refractivity (Wildman–Crippen MR) is 69.9 cm³/mol. The van der Waals surface area contributed by atoms with Crippen LogP contribution < -0.4 is 5.32 Å². The van der Waals surface area contributed by atoms with Gasteiger partial charge in [0, 0.05) is 25.2 Å². The fourth-order valence-electron chi connectivity index (χ4n) is 2.87. The van der Waals surface area contributed by atoms with E-state index in [2.05, 4.69) is 5.32 Å². The predicted octanol–water partition coefficient (Wildman–Crippen LogP) is 0.683. The standard InChI is InChI=1S/C13H15N3O2S/c14-7-10-3-1-2-4-13(10)19(17,18)16-9-11-5-6-12(16)8-15-11/h1-4,11-12,15H,5-6,8-9H2. The third-order valence-corrected chi connectivity index (χ3v) is 5.87. The van der Waals surface area contributed by atoms with Crippen molar-refractivity contribution in [3.05, 3.63) is 29.8 Å². The summed E-state index contributed by atoms with van der Waals surface area (Å²) in [6, 6.07) is 8.63. The number of hydrogen-bond donors (Lipinski definition) is 1. The highest BCUT2D eigenvalue weighted by Crippen LogP contribution is 2.29. The Labute approximate surface area is 112 Å². The minimum Gasteiger partial charge on any atom is -0.311 e. The second-order valence-corrected chi connectivity index (χ2v) is 6.88. The molecule has 19 heavy (non-hydrogen) atoms. The Morgan fingerprint density at radius 2 is 2.11 bits per heavy atom. The van der Waals surface area contributed by atoms with Crippen molar-refractivity contribution < 1.29 is 8.42 Å². The Kier molecular flexibility index (Phi) is 3.05. The maximum absolute atomic E-state index is 12.7. The van der Waals surface area contributed by atoms with E-state index in [1.807, 2.05) is 6.07 Å². The summed E-state index contributed by atoms with van der Waals surface area (Å²) >= 11 is 0. The molecule has 3 aliphatic heterocycles. The lowest BCUT2D eigenvalue weighted by atomic mass is 9.96. The van der Waals surface area contributed by atoms with E-state index in [9.17, 15) is 8.42 Å². The topological polar surface area (TPSA) is 73.2 Å². The molecule has 3 aliphatic rings. The van der Waals surface area contributed by atoms with E-state index >= 15 is 0 Å². The molecule has 0 saturated carbocycles. The zero-order valence-corrected chi connectivity index (χ0v) is 11.2. The third-order valence-electron chi connectivity index (χ3n) is 3.89. The highest BCUT2D eigenvalue weighted by atomic mass is 32.2. The van der Waals surface area contributed by atoms with E-state index in [4.69, 9.17) is 5.26 Å². The first kappa shape index (κ1) is 12.6. The van der Waals surface area contributed by atoms with Crippen LogP contribution in [0.15, 0.2) is 29.2 Å². The van der Waals surface area contributed by atoms with Crippen LogP contribution in [0.1, 0.15) is 18.4 Å². The van der Waals surface area contributed by atoms with E-state index in [-0.39, 0.29) is 22.5 Å². The van der Waals surface area contributed by atoms with Crippen LogP contribution in [0.3, 0.4) is 0 Å². The molecule has 3 saturated heterocycles. The van der Waals surface area contributed by atoms with Gasteiger partial charge in [-0.2, -0.15) is 9.57 Å². The van der Waals surface area contributed by atoms with E-state index in [1.54, 1.807) is 22.5 Å². The molecule has 4 rings (SSSR count). The molecule has 1 aromatic rings. The first-order chi connectivity index (χ1) is 9.13. The minimum atomic E-state index is -3.56. The van der Waals surface area contributed by atoms with E-state index in [0.717, 1.165) is 12.8 Å². The Morgan fingerprint density at radius 1 is 1.32 bits per heavy atom. The highest BCUT2D eigenvalue weighted by molar-refractivity contribution is 7.89. The first-order valence-electron chi connectivity index (χ1n) is 6.37. The smallest absolute Gasteiger partial charge is 0.244 e. The van der Waals surface area contributed by atoms with Crippen LogP contribution in [-0.4, -0.2) is 37.9 Å². The van der Waals surface area contributed by atoms with Crippen molar-refractivity contribution in [2.24, 2.45) is 0 Å². The van der Waals surface area contributed by atoms with Crippen LogP contribution in [0.5, 0.6) is 0 Å². The van der Waals surface area contributed by atoms with E-state index in [1.165, 1.54) is 6.07 Å². The molecular weight excluding hydrogens is 262 g/mol. The van der Waals surface area contributed by atoms with Gasteiger partial charge >= 0.3 is 0 Å². The molecule has 2 bridgehead atoms. The summed E-state index contributed by atoms with van der Waals surface area (Å²) in [4.78, 5) is 0.130. The molecule has 2 unspecified atom stereocenters. The van der Waals surface area contributed by atoms with Gasteiger partial charge in [-0.25, -0.2) is 8.42 Å². The summed E-state index contributed by atoms with van der Waals surface area (Å²) < 4.78 is 27.0. The summed E-state index contributed by atoms with van der Waals surface area (Å²) in [5.41, 5.74) is 0.219. The Balaban J connectivity index is 2.02. The number of hydrogen-bond acceptors (Lipinski definition) is 4. The van der Waals surface area contributed by atoms with Crippen molar-refractivity contribution in [3.63, 3.8) is 0 Å². The van der Waals surface area contributed by atoms with Gasteiger partial charge in [-0.3, -0.25) is 0 Å². The van der Waals surface area contributed by atoms with Gasteiger partial charge in [-0.15, -0.1) is 0 Å². The van der Waals surface area contributed by atoms with Gasteiger partial charge in [0.1, 0.15) is 6.07 Å². The molecule has 0 aromatic heterocycles. The molecule has 2 atom stereocenters. The second-order valence-electron chi connectivity index (χ2n) is 5.02. The number of nitrogens with one attached hydrogen (secondary N) is 1. The van der Waals surface area contributed by atoms with Gasteiger partial charge in [-0.05, 0) is 25.0 Å². The Morgan fingerprint density at radius 3 is 2.68 bits per heavy atom. The van der Waals surface area contributed by atoms with Crippen LogP contribution in [0.4, 0.5) is 0 Å². The summed E-state index contributed by atoms with van der Waals surface area (Å²) in [5, 5.41) is 12.4. The number of piperazine rings is 1. The van der Waals surface area contributed by atoms with Crippen LogP contribution in [0, 0.1) is 11.3 Å². The SMILES string of the molecule is N#Cc1ccccc1S(=O)(=O)N1CC2CCC1CN2. The molecule has 0 amide bonds. The van der Waals surface area contributed by atoms with E-state index < -0.39 is 10.0 Å². The van der Waals surface area contributed by atoms with Crippen LogP contribution >= 0.6 is 0 Å². The fourth-order valence-corrected chi connectivity index (χ4v) is 4.72. The summed E-state index contributed by atoms with van der Waals surface area (Å²) in [7, 11) is -3.56. The lowest BCUT2D eigenvalue weighted by Crippen LogP contribution is -2.62. The molecule has 3 heterocycles. The number of nitriles is 1. The van der Waals surface area contributed by atoms with Gasteiger partial charge in [0.05, 0.1) is 10.5 Å². The lowest BCUT2D eigenvalue weighted by Gasteiger charge is -2.44. The van der Waals surface area contributed by atoms with Crippen molar-refractivity contribution in [2.75, 3.05) is 13.1 Å². The average Bonchev–Trinajstić information content (AvgIpc) is 2.48. The average molecular weight is 277 g/mol. The fraction of sp³-hybridized carbons (Fsp3) is 0.462. The van der Waals surface area contributed by atoms with Crippen molar-refractivity contribution in [1.82, 2.24) is 9.62 Å². The Bertz CT molecular complexity index is 628. The largest absolute Gasteiger partial charge is 0.311 e. The third kappa shape index (κ3) is 2.04. The minimum absolute atomic E-state index is 0.0155. The normalized spacial score (nSPS) is 27.1. The lowest BCUT2D eigenvalue weighted by molar-refractivity contribution is 0.152. The second kappa shape index (κ2) is 4.60. The van der Waals surface area contributed by atoms with Crippen molar-refractivity contribution in [3.8, 4) is 6.07 Å². The van der Waals surface area contributed by atoms with Crippen LogP contribution in [0.2, 0.25) is 0 Å². The van der Waals surface area contributed by atoms with Crippen molar-refractivity contribution >= 4 is 10.0 Å². The first-order valence-corrected chi connectivity index (χ1v) is 7.81.